The smallest absolute Gasteiger partial charge is 0.386 e. The van der Waals surface area contributed by atoms with Crippen LogP contribution in [0, 0.1) is 0 Å². The van der Waals surface area contributed by atoms with Crippen LogP contribution in [0.2, 0.25) is 5.02 Å². The molecule has 0 aliphatic rings. The SMILES string of the molecule is O=C(CSc1nc(-c2ccc(Cl)cc2)cs1)OC(=O)C(F)(F)F. The molecule has 0 spiro atoms. The predicted molar refractivity (Wildman–Crippen MR) is 80.4 cm³/mol. The summed E-state index contributed by atoms with van der Waals surface area (Å²) in [5, 5.41) is 2.31. The second-order valence-electron chi connectivity index (χ2n) is 4.05. The number of nitrogens with zero attached hydrogens (tertiary/aromatic N) is 1. The van der Waals surface area contributed by atoms with Crippen LogP contribution in [0.1, 0.15) is 0 Å². The first-order valence-electron chi connectivity index (χ1n) is 5.92. The lowest BCUT2D eigenvalue weighted by Gasteiger charge is -2.04. The molecule has 10 heteroatoms. The van der Waals surface area contributed by atoms with Crippen molar-refractivity contribution in [3.05, 3.63) is 34.7 Å². The Morgan fingerprint density at radius 2 is 1.91 bits per heavy atom. The van der Waals surface area contributed by atoms with Crippen LogP contribution in [0.5, 0.6) is 0 Å². The van der Waals surface area contributed by atoms with Gasteiger partial charge in [0.05, 0.1) is 11.4 Å². The monoisotopic (exact) mass is 381 g/mol. The van der Waals surface area contributed by atoms with E-state index in [0.717, 1.165) is 17.3 Å². The summed E-state index contributed by atoms with van der Waals surface area (Å²) in [6.07, 6.45) is -5.19. The summed E-state index contributed by atoms with van der Waals surface area (Å²) in [6, 6.07) is 6.93. The number of carbonyl (C=O) groups is 2. The van der Waals surface area contributed by atoms with Gasteiger partial charge >= 0.3 is 18.1 Å². The average molecular weight is 382 g/mol. The molecule has 4 nitrogen and oxygen atoms in total. The summed E-state index contributed by atoms with van der Waals surface area (Å²) in [7, 11) is 0. The first-order valence-corrected chi connectivity index (χ1v) is 8.16. The Bertz CT molecular complexity index is 716. The van der Waals surface area contributed by atoms with E-state index in [1.807, 2.05) is 0 Å². The molecule has 0 amide bonds. The Hall–Kier alpha value is -1.58. The number of esters is 2. The van der Waals surface area contributed by atoms with Gasteiger partial charge in [0.2, 0.25) is 0 Å². The van der Waals surface area contributed by atoms with Crippen molar-refractivity contribution < 1.29 is 27.5 Å². The predicted octanol–water partition coefficient (Wildman–Crippen LogP) is 4.19. The van der Waals surface area contributed by atoms with Crippen molar-refractivity contribution in [1.82, 2.24) is 4.98 Å². The maximum atomic E-state index is 11.9. The van der Waals surface area contributed by atoms with Gasteiger partial charge in [0.1, 0.15) is 0 Å². The van der Waals surface area contributed by atoms with Crippen LogP contribution in [-0.4, -0.2) is 28.9 Å². The van der Waals surface area contributed by atoms with E-state index in [9.17, 15) is 22.8 Å². The minimum absolute atomic E-state index is 0.449. The van der Waals surface area contributed by atoms with Gasteiger partial charge in [-0.05, 0) is 12.1 Å². The molecule has 0 unspecified atom stereocenters. The average Bonchev–Trinajstić information content (AvgIpc) is 2.94. The summed E-state index contributed by atoms with van der Waals surface area (Å²) in [6.45, 7) is 0. The molecule has 0 N–H and O–H groups in total. The summed E-state index contributed by atoms with van der Waals surface area (Å²) < 4.78 is 40.0. The van der Waals surface area contributed by atoms with Crippen molar-refractivity contribution in [2.45, 2.75) is 10.5 Å². The minimum atomic E-state index is -5.19. The molecular formula is C13H7ClF3NO3S2. The lowest BCUT2D eigenvalue weighted by molar-refractivity contribution is -0.201. The van der Waals surface area contributed by atoms with Crippen molar-refractivity contribution in [1.29, 1.82) is 0 Å². The number of carbonyl (C=O) groups excluding carboxylic acids is 2. The maximum Gasteiger partial charge on any atom is 0.491 e. The van der Waals surface area contributed by atoms with Crippen molar-refractivity contribution in [2.75, 3.05) is 5.75 Å². The largest absolute Gasteiger partial charge is 0.491 e. The van der Waals surface area contributed by atoms with Gasteiger partial charge in [-0.1, -0.05) is 35.5 Å². The molecule has 1 aromatic heterocycles. The number of hydrogen-bond acceptors (Lipinski definition) is 6. The van der Waals surface area contributed by atoms with Crippen LogP contribution in [0.4, 0.5) is 13.2 Å². The lowest BCUT2D eigenvalue weighted by Crippen LogP contribution is -2.28. The van der Waals surface area contributed by atoms with Gasteiger partial charge in [-0.3, -0.25) is 4.79 Å². The normalized spacial score (nSPS) is 11.3. The molecule has 2 rings (SSSR count). The van der Waals surface area contributed by atoms with E-state index < -0.39 is 23.9 Å². The first-order chi connectivity index (χ1) is 10.8. The van der Waals surface area contributed by atoms with Crippen LogP contribution in [0.25, 0.3) is 11.3 Å². The van der Waals surface area contributed by atoms with Gasteiger partial charge in [-0.25, -0.2) is 9.78 Å². The Kier molecular flexibility index (Phi) is 5.66. The Labute approximate surface area is 141 Å². The lowest BCUT2D eigenvalue weighted by atomic mass is 10.2. The number of rotatable bonds is 4. The van der Waals surface area contributed by atoms with Gasteiger partial charge in [0.25, 0.3) is 0 Å². The zero-order valence-electron chi connectivity index (χ0n) is 11.1. The highest BCUT2D eigenvalue weighted by molar-refractivity contribution is 8.01. The standard InChI is InChI=1S/C13H7ClF3NO3S2/c14-8-3-1-7(2-4-8)9-5-22-12(18-9)23-6-10(19)21-11(20)13(15,16)17/h1-5H,6H2. The van der Waals surface area contributed by atoms with Crippen LogP contribution < -0.4 is 0 Å². The van der Waals surface area contributed by atoms with Crippen molar-refractivity contribution in [3.63, 3.8) is 0 Å². The number of thiazole rings is 1. The van der Waals surface area contributed by atoms with E-state index in [1.165, 1.54) is 11.3 Å². The molecule has 0 fully saturated rings. The molecule has 122 valence electrons. The van der Waals surface area contributed by atoms with Crippen LogP contribution in [0.3, 0.4) is 0 Å². The third kappa shape index (κ3) is 5.22. The quantitative estimate of drug-likeness (QED) is 0.451. The highest BCUT2D eigenvalue weighted by atomic mass is 35.5. The number of hydrogen-bond donors (Lipinski definition) is 0. The van der Waals surface area contributed by atoms with Gasteiger partial charge in [-0.15, -0.1) is 11.3 Å². The summed E-state index contributed by atoms with van der Waals surface area (Å²) in [5.41, 5.74) is 1.46. The maximum absolute atomic E-state index is 11.9. The molecule has 0 aliphatic carbocycles. The molecule has 23 heavy (non-hydrogen) atoms. The second kappa shape index (κ2) is 7.33. The molecular weight excluding hydrogens is 375 g/mol. The van der Waals surface area contributed by atoms with E-state index in [0.29, 0.717) is 15.1 Å². The van der Waals surface area contributed by atoms with Gasteiger partial charge in [0.15, 0.2) is 4.34 Å². The molecule has 0 saturated heterocycles. The number of ether oxygens (including phenoxy) is 1. The summed E-state index contributed by atoms with van der Waals surface area (Å²) in [5.74, 6) is -4.25. The zero-order valence-corrected chi connectivity index (χ0v) is 13.5. The number of aromatic nitrogens is 1. The fourth-order valence-electron chi connectivity index (χ4n) is 1.39. The van der Waals surface area contributed by atoms with Crippen LogP contribution in [0.15, 0.2) is 34.0 Å². The number of halogens is 4. The Morgan fingerprint density at radius 3 is 2.52 bits per heavy atom. The third-order valence-corrected chi connectivity index (χ3v) is 4.62. The molecule has 0 bridgehead atoms. The second-order valence-corrected chi connectivity index (χ2v) is 6.57. The highest BCUT2D eigenvalue weighted by Crippen LogP contribution is 2.29. The zero-order chi connectivity index (χ0) is 17.0. The summed E-state index contributed by atoms with van der Waals surface area (Å²) >= 11 is 7.89. The fourth-order valence-corrected chi connectivity index (χ4v) is 3.12. The van der Waals surface area contributed by atoms with Crippen molar-refractivity contribution in [3.8, 4) is 11.3 Å². The molecule has 0 saturated carbocycles. The van der Waals surface area contributed by atoms with Crippen molar-refractivity contribution >= 4 is 46.6 Å². The van der Waals surface area contributed by atoms with Gasteiger partial charge in [-0.2, -0.15) is 13.2 Å². The fraction of sp³-hybridized carbons (Fsp3) is 0.154. The molecule has 0 radical (unpaired) electrons. The van der Waals surface area contributed by atoms with Crippen LogP contribution in [-0.2, 0) is 14.3 Å². The Balaban J connectivity index is 1.91. The Morgan fingerprint density at radius 1 is 1.26 bits per heavy atom. The van der Waals surface area contributed by atoms with E-state index in [4.69, 9.17) is 11.6 Å². The molecule has 0 aliphatic heterocycles. The van der Waals surface area contributed by atoms with Crippen molar-refractivity contribution in [2.24, 2.45) is 0 Å². The number of benzene rings is 1. The van der Waals surface area contributed by atoms with E-state index in [-0.39, 0.29) is 0 Å². The molecule has 1 aromatic carbocycles. The summed E-state index contributed by atoms with van der Waals surface area (Å²) in [4.78, 5) is 25.9. The van der Waals surface area contributed by atoms with Gasteiger partial charge < -0.3 is 4.74 Å². The van der Waals surface area contributed by atoms with E-state index >= 15 is 0 Å². The minimum Gasteiger partial charge on any atom is -0.386 e. The molecule has 1 heterocycles. The topological polar surface area (TPSA) is 56.3 Å². The molecule has 2 aromatic rings. The van der Waals surface area contributed by atoms with E-state index in [1.54, 1.807) is 29.6 Å². The van der Waals surface area contributed by atoms with Crippen LogP contribution >= 0.6 is 34.7 Å². The third-order valence-electron chi connectivity index (χ3n) is 2.37. The number of alkyl halides is 3. The first kappa shape index (κ1) is 17.8. The van der Waals surface area contributed by atoms with Gasteiger partial charge in [0, 0.05) is 16.0 Å². The van der Waals surface area contributed by atoms with E-state index in [2.05, 4.69) is 9.72 Å². The number of thioether (sulfide) groups is 1. The highest BCUT2D eigenvalue weighted by Gasteiger charge is 2.42. The molecule has 0 atom stereocenters.